The fourth-order valence-corrected chi connectivity index (χ4v) is 2.41. The van der Waals surface area contributed by atoms with Gasteiger partial charge in [-0.25, -0.2) is 0 Å². The van der Waals surface area contributed by atoms with Gasteiger partial charge in [0.2, 0.25) is 0 Å². The van der Waals surface area contributed by atoms with Crippen molar-refractivity contribution in [3.63, 3.8) is 0 Å². The lowest BCUT2D eigenvalue weighted by Gasteiger charge is -2.26. The quantitative estimate of drug-likeness (QED) is 0.597. The van der Waals surface area contributed by atoms with Crippen LogP contribution in [0.25, 0.3) is 10.8 Å². The molecule has 0 bridgehead atoms. The highest BCUT2D eigenvalue weighted by Crippen LogP contribution is 2.31. The maximum atomic E-state index is 6.35. The standard InChI is InChI=1S/C16H23N3O2/c1-20-10-3-8-19(9-11-21-2)15-5-4-13-12-18-7-6-14(13)16(15)17/h4-7,12H,3,8-11,17H2,1-2H3. The Labute approximate surface area is 125 Å². The van der Waals surface area contributed by atoms with E-state index in [1.165, 1.54) is 0 Å². The van der Waals surface area contributed by atoms with Crippen LogP contribution in [0.4, 0.5) is 11.4 Å². The molecular weight excluding hydrogens is 266 g/mol. The predicted molar refractivity (Wildman–Crippen MR) is 86.7 cm³/mol. The van der Waals surface area contributed by atoms with Crippen LogP contribution in [0, 0.1) is 0 Å². The van der Waals surface area contributed by atoms with E-state index in [1.807, 2.05) is 12.3 Å². The van der Waals surface area contributed by atoms with Gasteiger partial charge < -0.3 is 20.1 Å². The summed E-state index contributed by atoms with van der Waals surface area (Å²) in [6, 6.07) is 6.07. The van der Waals surface area contributed by atoms with Gasteiger partial charge in [-0.15, -0.1) is 0 Å². The highest BCUT2D eigenvalue weighted by molar-refractivity contribution is 5.98. The maximum absolute atomic E-state index is 6.35. The van der Waals surface area contributed by atoms with Gasteiger partial charge in [0.25, 0.3) is 0 Å². The second-order valence-electron chi connectivity index (χ2n) is 4.92. The van der Waals surface area contributed by atoms with E-state index >= 15 is 0 Å². The van der Waals surface area contributed by atoms with Crippen molar-refractivity contribution in [1.29, 1.82) is 0 Å². The molecular formula is C16H23N3O2. The molecule has 114 valence electrons. The number of rotatable bonds is 8. The van der Waals surface area contributed by atoms with E-state index in [9.17, 15) is 0 Å². The van der Waals surface area contributed by atoms with Gasteiger partial charge in [0.15, 0.2) is 0 Å². The lowest BCUT2D eigenvalue weighted by atomic mass is 10.1. The average molecular weight is 289 g/mol. The van der Waals surface area contributed by atoms with E-state index < -0.39 is 0 Å². The van der Waals surface area contributed by atoms with Gasteiger partial charge in [0.05, 0.1) is 18.0 Å². The Bertz CT molecular complexity index is 574. The van der Waals surface area contributed by atoms with E-state index in [-0.39, 0.29) is 0 Å². The van der Waals surface area contributed by atoms with Crippen molar-refractivity contribution in [3.05, 3.63) is 30.6 Å². The Balaban J connectivity index is 2.27. The number of ether oxygens (including phenoxy) is 2. The fraction of sp³-hybridized carbons (Fsp3) is 0.438. The molecule has 0 unspecified atom stereocenters. The van der Waals surface area contributed by atoms with Gasteiger partial charge in [-0.1, -0.05) is 6.07 Å². The molecule has 5 heteroatoms. The highest BCUT2D eigenvalue weighted by Gasteiger charge is 2.12. The van der Waals surface area contributed by atoms with Crippen molar-refractivity contribution in [3.8, 4) is 0 Å². The van der Waals surface area contributed by atoms with Crippen molar-refractivity contribution < 1.29 is 9.47 Å². The first kappa shape index (κ1) is 15.5. The molecule has 0 radical (unpaired) electrons. The number of methoxy groups -OCH3 is 2. The van der Waals surface area contributed by atoms with Crippen LogP contribution < -0.4 is 10.6 Å². The summed E-state index contributed by atoms with van der Waals surface area (Å²) in [7, 11) is 3.43. The van der Waals surface area contributed by atoms with E-state index in [4.69, 9.17) is 15.2 Å². The molecule has 0 saturated heterocycles. The van der Waals surface area contributed by atoms with Crippen molar-refractivity contribution >= 4 is 22.1 Å². The Morgan fingerprint density at radius 1 is 1.10 bits per heavy atom. The van der Waals surface area contributed by atoms with Crippen LogP contribution >= 0.6 is 0 Å². The smallest absolute Gasteiger partial charge is 0.0637 e. The first-order valence-electron chi connectivity index (χ1n) is 7.13. The molecule has 0 saturated carbocycles. The zero-order valence-corrected chi connectivity index (χ0v) is 12.7. The normalized spacial score (nSPS) is 11.0. The van der Waals surface area contributed by atoms with Gasteiger partial charge in [-0.05, 0) is 18.6 Å². The second-order valence-corrected chi connectivity index (χ2v) is 4.92. The Kier molecular flexibility index (Phi) is 5.78. The third kappa shape index (κ3) is 3.83. The molecule has 0 fully saturated rings. The highest BCUT2D eigenvalue weighted by atomic mass is 16.5. The van der Waals surface area contributed by atoms with Crippen molar-refractivity contribution in [2.45, 2.75) is 6.42 Å². The molecule has 1 aromatic carbocycles. The third-order valence-electron chi connectivity index (χ3n) is 3.52. The van der Waals surface area contributed by atoms with E-state index in [2.05, 4.69) is 22.0 Å². The molecule has 2 rings (SSSR count). The van der Waals surface area contributed by atoms with Gasteiger partial charge in [0, 0.05) is 57.1 Å². The summed E-state index contributed by atoms with van der Waals surface area (Å²) < 4.78 is 10.3. The summed E-state index contributed by atoms with van der Waals surface area (Å²) in [5, 5.41) is 2.10. The van der Waals surface area contributed by atoms with Crippen LogP contribution in [0.15, 0.2) is 30.6 Å². The summed E-state index contributed by atoms with van der Waals surface area (Å²) >= 11 is 0. The molecule has 0 aliphatic carbocycles. The van der Waals surface area contributed by atoms with Crippen LogP contribution in [0.5, 0.6) is 0 Å². The number of hydrogen-bond donors (Lipinski definition) is 1. The minimum absolute atomic E-state index is 0.667. The Morgan fingerprint density at radius 3 is 2.67 bits per heavy atom. The molecule has 0 aliphatic heterocycles. The molecule has 2 N–H and O–H groups in total. The number of nitrogens with two attached hydrogens (primary N) is 1. The Hall–Kier alpha value is -1.85. The zero-order valence-electron chi connectivity index (χ0n) is 12.7. The zero-order chi connectivity index (χ0) is 15.1. The lowest BCUT2D eigenvalue weighted by molar-refractivity contribution is 0.191. The fourth-order valence-electron chi connectivity index (χ4n) is 2.41. The van der Waals surface area contributed by atoms with Crippen LogP contribution in [-0.4, -0.2) is 45.5 Å². The molecule has 0 atom stereocenters. The molecule has 1 heterocycles. The predicted octanol–water partition coefficient (Wildman–Crippen LogP) is 2.31. The molecule has 0 aliphatic rings. The number of nitrogen functional groups attached to an aromatic ring is 1. The topological polar surface area (TPSA) is 60.6 Å². The number of pyridine rings is 1. The lowest BCUT2D eigenvalue weighted by Crippen LogP contribution is -2.29. The number of fused-ring (bicyclic) bond motifs is 1. The number of benzene rings is 1. The minimum atomic E-state index is 0.667. The summed E-state index contributed by atoms with van der Waals surface area (Å²) in [5.74, 6) is 0. The molecule has 5 nitrogen and oxygen atoms in total. The number of nitrogens with zero attached hydrogens (tertiary/aromatic N) is 2. The van der Waals surface area contributed by atoms with Crippen molar-refractivity contribution in [1.82, 2.24) is 4.98 Å². The molecule has 1 aromatic heterocycles. The third-order valence-corrected chi connectivity index (χ3v) is 3.52. The average Bonchev–Trinajstić information content (AvgIpc) is 2.52. The monoisotopic (exact) mass is 289 g/mol. The largest absolute Gasteiger partial charge is 0.397 e. The van der Waals surface area contributed by atoms with Gasteiger partial charge in [-0.2, -0.15) is 0 Å². The van der Waals surface area contributed by atoms with Gasteiger partial charge in [0.1, 0.15) is 0 Å². The van der Waals surface area contributed by atoms with Crippen LogP contribution in [0.3, 0.4) is 0 Å². The van der Waals surface area contributed by atoms with E-state index in [0.29, 0.717) is 6.61 Å². The van der Waals surface area contributed by atoms with Gasteiger partial charge >= 0.3 is 0 Å². The molecule has 0 spiro atoms. The van der Waals surface area contributed by atoms with E-state index in [0.717, 1.165) is 48.3 Å². The second kappa shape index (κ2) is 7.81. The molecule has 0 amide bonds. The number of anilines is 2. The maximum Gasteiger partial charge on any atom is 0.0637 e. The minimum Gasteiger partial charge on any atom is -0.397 e. The summed E-state index contributed by atoms with van der Waals surface area (Å²) in [5.41, 5.74) is 8.19. The Morgan fingerprint density at radius 2 is 1.90 bits per heavy atom. The van der Waals surface area contributed by atoms with Gasteiger partial charge in [-0.3, -0.25) is 4.98 Å². The molecule has 21 heavy (non-hydrogen) atoms. The summed E-state index contributed by atoms with van der Waals surface area (Å²) in [6.45, 7) is 3.10. The number of hydrogen-bond acceptors (Lipinski definition) is 5. The van der Waals surface area contributed by atoms with Crippen LogP contribution in [-0.2, 0) is 9.47 Å². The first-order valence-corrected chi connectivity index (χ1v) is 7.13. The van der Waals surface area contributed by atoms with Crippen molar-refractivity contribution in [2.24, 2.45) is 0 Å². The molecule has 2 aromatic rings. The number of aromatic nitrogens is 1. The van der Waals surface area contributed by atoms with Crippen molar-refractivity contribution in [2.75, 3.05) is 51.2 Å². The van der Waals surface area contributed by atoms with E-state index in [1.54, 1.807) is 20.4 Å². The summed E-state index contributed by atoms with van der Waals surface area (Å²) in [4.78, 5) is 6.38. The van der Waals surface area contributed by atoms with Crippen LogP contribution in [0.1, 0.15) is 6.42 Å². The van der Waals surface area contributed by atoms with Crippen LogP contribution in [0.2, 0.25) is 0 Å². The SMILES string of the molecule is COCCCN(CCOC)c1ccc2cnccc2c1N. The first-order chi connectivity index (χ1) is 10.3. The summed E-state index contributed by atoms with van der Waals surface area (Å²) in [6.07, 6.45) is 4.56.